The molecule has 2 aliphatic rings. The smallest absolute Gasteiger partial charge is 0.414 e. The van der Waals surface area contributed by atoms with Gasteiger partial charge in [-0.25, -0.2) is 18.6 Å². The lowest BCUT2D eigenvalue weighted by Gasteiger charge is -2.24. The van der Waals surface area contributed by atoms with Crippen LogP contribution < -0.4 is 15.1 Å². The Labute approximate surface area is 183 Å². The number of benzene rings is 1. The summed E-state index contributed by atoms with van der Waals surface area (Å²) in [5.74, 6) is -2.43. The van der Waals surface area contributed by atoms with E-state index < -0.39 is 30.5 Å². The first kappa shape index (κ1) is 23.6. The molecular formula is C20H25F3N4O5. The molecule has 2 fully saturated rings. The normalized spacial score (nSPS) is 19.1. The fraction of sp³-hybridized carbons (Fsp3) is 0.550. The van der Waals surface area contributed by atoms with Crippen LogP contribution in [0.25, 0.3) is 0 Å². The van der Waals surface area contributed by atoms with E-state index in [1.54, 1.807) is 0 Å². The number of nitrogens with one attached hydrogen (secondary N) is 1. The quantitative estimate of drug-likeness (QED) is 0.670. The number of hydroxylamine groups is 2. The highest BCUT2D eigenvalue weighted by Gasteiger charge is 2.34. The third kappa shape index (κ3) is 5.61. The minimum Gasteiger partial charge on any atom is -0.442 e. The Morgan fingerprint density at radius 1 is 1.19 bits per heavy atom. The summed E-state index contributed by atoms with van der Waals surface area (Å²) in [6.07, 6.45) is -1.33. The average molecular weight is 458 g/mol. The van der Waals surface area contributed by atoms with Gasteiger partial charge in [-0.15, -0.1) is 0 Å². The van der Waals surface area contributed by atoms with Gasteiger partial charge in [0.05, 0.1) is 38.6 Å². The molecule has 2 aliphatic heterocycles. The van der Waals surface area contributed by atoms with E-state index >= 15 is 0 Å². The minimum atomic E-state index is -0.879. The second kappa shape index (κ2) is 10.5. The summed E-state index contributed by atoms with van der Waals surface area (Å²) < 4.78 is 47.2. The van der Waals surface area contributed by atoms with Crippen molar-refractivity contribution in [2.45, 2.75) is 25.9 Å². The maximum absolute atomic E-state index is 14.9. The lowest BCUT2D eigenvalue weighted by Crippen LogP contribution is -2.35. The monoisotopic (exact) mass is 458 g/mol. The van der Waals surface area contributed by atoms with E-state index in [0.29, 0.717) is 0 Å². The first-order valence-electron chi connectivity index (χ1n) is 10.3. The van der Waals surface area contributed by atoms with Crippen LogP contribution in [-0.2, 0) is 19.2 Å². The Balaban J connectivity index is 1.69. The number of rotatable bonds is 7. The molecule has 176 valence electrons. The topological polar surface area (TPSA) is 91.4 Å². The van der Waals surface area contributed by atoms with Gasteiger partial charge in [-0.3, -0.25) is 23.7 Å². The number of hydrogen-bond donors (Lipinski definition) is 1. The van der Waals surface area contributed by atoms with E-state index in [0.717, 1.165) is 22.1 Å². The molecule has 2 heterocycles. The molecule has 0 aliphatic carbocycles. The standard InChI is InChI=1S/C20H25F3N4O5/c1-13(28)24-11-15-12-26(20(30)32-15)14-9-16(22)19(17(23)10-14)25-5-6-27(31-8-7-25)18(29)3-2-4-21/h9-10,15H,2-8,11-12H2,1H3,(H,24,28)/t15-/m0/s1. The fourth-order valence-electron chi connectivity index (χ4n) is 3.52. The van der Waals surface area contributed by atoms with Crippen LogP contribution in [0.5, 0.6) is 0 Å². The van der Waals surface area contributed by atoms with Gasteiger partial charge in [-0.1, -0.05) is 0 Å². The predicted octanol–water partition coefficient (Wildman–Crippen LogP) is 1.76. The van der Waals surface area contributed by atoms with Crippen LogP contribution >= 0.6 is 0 Å². The van der Waals surface area contributed by atoms with Crippen molar-refractivity contribution >= 4 is 29.3 Å². The van der Waals surface area contributed by atoms with Crippen LogP contribution in [0.1, 0.15) is 19.8 Å². The third-order valence-corrected chi connectivity index (χ3v) is 5.07. The van der Waals surface area contributed by atoms with Crippen molar-refractivity contribution in [1.82, 2.24) is 10.4 Å². The number of ether oxygens (including phenoxy) is 1. The SMILES string of the molecule is CC(=O)NC[C@H]1CN(c2cc(F)c(N3CCON(C(=O)CCCF)CC3)c(F)c2)C(=O)O1. The van der Waals surface area contributed by atoms with Gasteiger partial charge in [-0.2, -0.15) is 0 Å². The zero-order chi connectivity index (χ0) is 23.3. The maximum atomic E-state index is 14.9. The van der Waals surface area contributed by atoms with Gasteiger partial charge in [0.1, 0.15) is 11.8 Å². The molecule has 0 radical (unpaired) electrons. The van der Waals surface area contributed by atoms with Gasteiger partial charge in [0.25, 0.3) is 0 Å². The number of carbonyl (C=O) groups excluding carboxylic acids is 3. The van der Waals surface area contributed by atoms with Gasteiger partial charge in [0, 0.05) is 38.6 Å². The number of halogens is 3. The van der Waals surface area contributed by atoms with E-state index in [1.807, 2.05) is 0 Å². The Morgan fingerprint density at radius 3 is 2.56 bits per heavy atom. The van der Waals surface area contributed by atoms with Crippen LogP contribution in [0.4, 0.5) is 29.3 Å². The third-order valence-electron chi connectivity index (χ3n) is 5.07. The maximum Gasteiger partial charge on any atom is 0.414 e. The lowest BCUT2D eigenvalue weighted by atomic mass is 10.2. The number of hydrogen-bond acceptors (Lipinski definition) is 6. The first-order chi connectivity index (χ1) is 15.3. The van der Waals surface area contributed by atoms with Gasteiger partial charge >= 0.3 is 6.09 Å². The number of amides is 3. The molecule has 3 amide bonds. The predicted molar refractivity (Wildman–Crippen MR) is 108 cm³/mol. The fourth-order valence-corrected chi connectivity index (χ4v) is 3.52. The van der Waals surface area contributed by atoms with E-state index in [2.05, 4.69) is 5.32 Å². The van der Waals surface area contributed by atoms with Crippen molar-refractivity contribution in [2.75, 3.05) is 55.8 Å². The zero-order valence-electron chi connectivity index (χ0n) is 17.6. The Bertz CT molecular complexity index is 849. The van der Waals surface area contributed by atoms with Gasteiger partial charge in [-0.05, 0) is 6.42 Å². The summed E-state index contributed by atoms with van der Waals surface area (Å²) in [6, 6.07) is 2.08. The van der Waals surface area contributed by atoms with Crippen molar-refractivity contribution in [3.63, 3.8) is 0 Å². The number of anilines is 2. The van der Waals surface area contributed by atoms with Crippen molar-refractivity contribution in [3.8, 4) is 0 Å². The highest BCUT2D eigenvalue weighted by molar-refractivity contribution is 5.90. The Hall–Kier alpha value is -3.02. The highest BCUT2D eigenvalue weighted by Crippen LogP contribution is 2.31. The minimum absolute atomic E-state index is 0.00632. The molecule has 9 nitrogen and oxygen atoms in total. The lowest BCUT2D eigenvalue weighted by molar-refractivity contribution is -0.182. The molecule has 1 atom stereocenters. The summed E-state index contributed by atoms with van der Waals surface area (Å²) in [6.45, 7) is 1.15. The summed E-state index contributed by atoms with van der Waals surface area (Å²) in [4.78, 5) is 43.0. The summed E-state index contributed by atoms with van der Waals surface area (Å²) >= 11 is 0. The summed E-state index contributed by atoms with van der Waals surface area (Å²) in [5, 5.41) is 3.62. The van der Waals surface area contributed by atoms with Crippen LogP contribution in [0, 0.1) is 11.6 Å². The molecule has 1 N–H and O–H groups in total. The molecule has 0 aromatic heterocycles. The van der Waals surface area contributed by atoms with Gasteiger partial charge in [0.15, 0.2) is 11.6 Å². The van der Waals surface area contributed by atoms with E-state index in [4.69, 9.17) is 9.57 Å². The van der Waals surface area contributed by atoms with E-state index in [9.17, 15) is 27.6 Å². The van der Waals surface area contributed by atoms with Crippen molar-refractivity contribution in [1.29, 1.82) is 0 Å². The molecule has 1 aromatic carbocycles. The Kier molecular flexibility index (Phi) is 7.78. The molecular weight excluding hydrogens is 433 g/mol. The van der Waals surface area contributed by atoms with Gasteiger partial charge < -0.3 is 15.0 Å². The first-order valence-corrected chi connectivity index (χ1v) is 10.3. The van der Waals surface area contributed by atoms with Crippen molar-refractivity contribution < 1.29 is 37.1 Å². The average Bonchev–Trinajstić information content (AvgIpc) is 2.95. The van der Waals surface area contributed by atoms with Crippen LogP contribution in [-0.4, -0.2) is 75.1 Å². The zero-order valence-corrected chi connectivity index (χ0v) is 17.6. The molecule has 0 spiro atoms. The van der Waals surface area contributed by atoms with Crippen molar-refractivity contribution in [3.05, 3.63) is 23.8 Å². The second-order valence-corrected chi connectivity index (χ2v) is 7.42. The molecule has 3 rings (SSSR count). The number of carbonyl (C=O) groups is 3. The molecule has 0 unspecified atom stereocenters. The molecule has 32 heavy (non-hydrogen) atoms. The number of alkyl halides is 1. The van der Waals surface area contributed by atoms with Crippen LogP contribution in [0.15, 0.2) is 12.1 Å². The van der Waals surface area contributed by atoms with Crippen LogP contribution in [0.2, 0.25) is 0 Å². The van der Waals surface area contributed by atoms with E-state index in [-0.39, 0.29) is 75.4 Å². The van der Waals surface area contributed by atoms with Gasteiger partial charge in [0.2, 0.25) is 11.8 Å². The largest absolute Gasteiger partial charge is 0.442 e. The number of nitrogens with zero attached hydrogens (tertiary/aromatic N) is 3. The van der Waals surface area contributed by atoms with Crippen LogP contribution in [0.3, 0.4) is 0 Å². The highest BCUT2D eigenvalue weighted by atomic mass is 19.1. The summed E-state index contributed by atoms with van der Waals surface area (Å²) in [5.41, 5.74) is -0.300. The number of cyclic esters (lactones) is 1. The Morgan fingerprint density at radius 2 is 1.91 bits per heavy atom. The molecule has 12 heteroatoms. The molecule has 0 saturated carbocycles. The molecule has 1 aromatic rings. The van der Waals surface area contributed by atoms with Crippen molar-refractivity contribution in [2.24, 2.45) is 0 Å². The second-order valence-electron chi connectivity index (χ2n) is 7.42. The summed E-state index contributed by atoms with van der Waals surface area (Å²) in [7, 11) is 0. The molecule has 0 bridgehead atoms. The van der Waals surface area contributed by atoms with E-state index in [1.165, 1.54) is 11.8 Å². The molecule has 2 saturated heterocycles.